The molecule has 1 aromatic heterocycles. The van der Waals surface area contributed by atoms with E-state index < -0.39 is 5.97 Å². The van der Waals surface area contributed by atoms with Gasteiger partial charge in [-0.1, -0.05) is 36.4 Å². The second-order valence-electron chi connectivity index (χ2n) is 6.09. The maximum atomic E-state index is 12.6. The van der Waals surface area contributed by atoms with Crippen LogP contribution in [0.25, 0.3) is 21.9 Å². The summed E-state index contributed by atoms with van der Waals surface area (Å²) in [5, 5.41) is 18.2. The van der Waals surface area contributed by atoms with Crippen LogP contribution < -0.4 is 5.32 Å². The summed E-state index contributed by atoms with van der Waals surface area (Å²) >= 11 is 1.54. The van der Waals surface area contributed by atoms with Crippen LogP contribution in [-0.4, -0.2) is 35.8 Å². The molecule has 0 atom stereocenters. The third kappa shape index (κ3) is 4.02. The number of amides is 1. The maximum absolute atomic E-state index is 12.6. The van der Waals surface area contributed by atoms with Gasteiger partial charge in [-0.15, -0.1) is 0 Å². The zero-order valence-corrected chi connectivity index (χ0v) is 15.0. The van der Waals surface area contributed by atoms with Gasteiger partial charge >= 0.3 is 24.8 Å². The molecule has 1 amide bonds. The van der Waals surface area contributed by atoms with Crippen molar-refractivity contribution in [2.75, 3.05) is 5.32 Å². The Balaban J connectivity index is 0.00000225. The summed E-state index contributed by atoms with van der Waals surface area (Å²) in [6, 6.07) is 20.1. The van der Waals surface area contributed by atoms with Gasteiger partial charge in [0.2, 0.25) is 0 Å². The van der Waals surface area contributed by atoms with Gasteiger partial charge in [-0.2, -0.15) is 11.3 Å². The Labute approximate surface area is 178 Å². The summed E-state index contributed by atoms with van der Waals surface area (Å²) < 4.78 is 0. The van der Waals surface area contributed by atoms with Crippen molar-refractivity contribution in [3.05, 3.63) is 88.6 Å². The Morgan fingerprint density at radius 3 is 2.36 bits per heavy atom. The van der Waals surface area contributed by atoms with Crippen molar-refractivity contribution >= 4 is 58.5 Å². The zero-order valence-electron chi connectivity index (χ0n) is 14.2. The molecule has 0 fully saturated rings. The molecule has 134 valence electrons. The van der Waals surface area contributed by atoms with Gasteiger partial charge in [-0.3, -0.25) is 4.79 Å². The zero-order chi connectivity index (χ0) is 18.8. The van der Waals surface area contributed by atoms with Crippen LogP contribution in [0.15, 0.2) is 77.5 Å². The number of fused-ring (bicyclic) bond motifs is 1. The third-order valence-corrected chi connectivity index (χ3v) is 5.05. The van der Waals surface area contributed by atoms with Crippen molar-refractivity contribution in [2.24, 2.45) is 0 Å². The van der Waals surface area contributed by atoms with Crippen LogP contribution in [0.4, 0.5) is 5.69 Å². The van der Waals surface area contributed by atoms with Crippen molar-refractivity contribution in [2.45, 2.75) is 0 Å². The number of hydrogen-bond donors (Lipinski definition) is 2. The van der Waals surface area contributed by atoms with Gasteiger partial charge in [0.05, 0.1) is 11.3 Å². The molecule has 0 bridgehead atoms. The van der Waals surface area contributed by atoms with Crippen LogP contribution >= 0.6 is 11.3 Å². The Hall–Kier alpha value is -2.84. The molecule has 6 heteroatoms. The van der Waals surface area contributed by atoms with Crippen molar-refractivity contribution in [3.8, 4) is 11.1 Å². The molecule has 4 rings (SSSR count). The molecule has 4 aromatic rings. The summed E-state index contributed by atoms with van der Waals surface area (Å²) in [7, 11) is 0. The first-order valence-electron chi connectivity index (χ1n) is 8.32. The number of aromatic carboxylic acids is 1. The minimum atomic E-state index is -1.08. The van der Waals surface area contributed by atoms with Crippen LogP contribution in [0.5, 0.6) is 0 Å². The summed E-state index contributed by atoms with van der Waals surface area (Å²) in [4.78, 5) is 24.3. The monoisotopic (exact) mass is 381 g/mol. The number of carboxylic acid groups (broad SMARTS) is 1. The predicted molar refractivity (Wildman–Crippen MR) is 116 cm³/mol. The number of thiophene rings is 1. The summed E-state index contributed by atoms with van der Waals surface area (Å²) in [6.07, 6.45) is 0. The second-order valence-corrected chi connectivity index (χ2v) is 6.87. The average Bonchev–Trinajstić information content (AvgIpc) is 3.22. The normalized spacial score (nSPS) is 10.3. The van der Waals surface area contributed by atoms with Gasteiger partial charge in [0.15, 0.2) is 0 Å². The molecule has 3 aromatic carbocycles. The van der Waals surface area contributed by atoms with Crippen molar-refractivity contribution in [3.63, 3.8) is 0 Å². The topological polar surface area (TPSA) is 66.4 Å². The van der Waals surface area contributed by atoms with Crippen molar-refractivity contribution in [1.29, 1.82) is 0 Å². The number of benzene rings is 3. The van der Waals surface area contributed by atoms with Gasteiger partial charge in [0, 0.05) is 5.56 Å². The van der Waals surface area contributed by atoms with E-state index in [0.717, 1.165) is 21.9 Å². The molecular weight excluding hydrogens is 365 g/mol. The van der Waals surface area contributed by atoms with Crippen LogP contribution in [-0.2, 0) is 0 Å². The molecule has 0 aliphatic heterocycles. The SMILES string of the molecule is O=C(Nc1ccc(-c2ccsc2)cc1C(=O)O)c1ccc2ccccc2c1.[LiH]. The first kappa shape index (κ1) is 19.9. The molecule has 28 heavy (non-hydrogen) atoms. The van der Waals surface area contributed by atoms with E-state index in [1.807, 2.05) is 53.2 Å². The molecule has 0 saturated heterocycles. The number of anilines is 1. The number of rotatable bonds is 4. The van der Waals surface area contributed by atoms with E-state index in [0.29, 0.717) is 5.56 Å². The Kier molecular flexibility index (Phi) is 6.01. The van der Waals surface area contributed by atoms with Crippen molar-refractivity contribution < 1.29 is 14.7 Å². The molecular formula is C22H16LiNO3S. The first-order chi connectivity index (χ1) is 13.1. The number of carboxylic acids is 1. The second kappa shape index (κ2) is 8.45. The van der Waals surface area contributed by atoms with Gasteiger partial charge in [-0.25, -0.2) is 4.79 Å². The molecule has 4 nitrogen and oxygen atoms in total. The molecule has 1 heterocycles. The summed E-state index contributed by atoms with van der Waals surface area (Å²) in [5.74, 6) is -1.42. The predicted octanol–water partition coefficient (Wildman–Crippen LogP) is 4.87. The Morgan fingerprint density at radius 2 is 1.64 bits per heavy atom. The molecule has 0 unspecified atom stereocenters. The van der Waals surface area contributed by atoms with Crippen LogP contribution in [0.3, 0.4) is 0 Å². The Bertz CT molecular complexity index is 1160. The fourth-order valence-electron chi connectivity index (χ4n) is 2.96. The molecule has 0 radical (unpaired) electrons. The van der Waals surface area contributed by atoms with E-state index in [-0.39, 0.29) is 36.0 Å². The molecule has 2 N–H and O–H groups in total. The number of carbonyl (C=O) groups excluding carboxylic acids is 1. The molecule has 0 saturated carbocycles. The van der Waals surface area contributed by atoms with Gasteiger partial charge in [-0.05, 0) is 63.0 Å². The number of hydrogen-bond acceptors (Lipinski definition) is 3. The number of carbonyl (C=O) groups is 2. The van der Waals surface area contributed by atoms with Gasteiger partial charge in [0.25, 0.3) is 5.91 Å². The standard InChI is InChI=1S/C22H15NO3S.Li.H/c24-21(17-6-5-14-3-1-2-4-15(14)11-17)23-20-8-7-16(12-19(20)22(25)26)18-9-10-27-13-18;;/h1-13H,(H,23,24)(H,25,26);;. The van der Waals surface area contributed by atoms with Gasteiger partial charge in [0.1, 0.15) is 0 Å². The summed E-state index contributed by atoms with van der Waals surface area (Å²) in [6.45, 7) is 0. The molecule has 0 spiro atoms. The Morgan fingerprint density at radius 1 is 0.857 bits per heavy atom. The fourth-order valence-corrected chi connectivity index (χ4v) is 3.63. The van der Waals surface area contributed by atoms with Crippen LogP contribution in [0.2, 0.25) is 0 Å². The quantitative estimate of drug-likeness (QED) is 0.496. The van der Waals surface area contributed by atoms with Gasteiger partial charge < -0.3 is 10.4 Å². The first-order valence-corrected chi connectivity index (χ1v) is 9.26. The fraction of sp³-hybridized carbons (Fsp3) is 0. The van der Waals surface area contributed by atoms with E-state index >= 15 is 0 Å². The van der Waals surface area contributed by atoms with E-state index in [9.17, 15) is 14.7 Å². The van der Waals surface area contributed by atoms with Crippen molar-refractivity contribution in [1.82, 2.24) is 0 Å². The minimum absolute atomic E-state index is 0. The number of nitrogens with one attached hydrogen (secondary N) is 1. The van der Waals surface area contributed by atoms with Crippen LogP contribution in [0, 0.1) is 0 Å². The van der Waals surface area contributed by atoms with E-state index in [1.165, 1.54) is 0 Å². The average molecular weight is 381 g/mol. The van der Waals surface area contributed by atoms with E-state index in [1.54, 1.807) is 35.6 Å². The molecule has 0 aliphatic rings. The van der Waals surface area contributed by atoms with E-state index in [4.69, 9.17) is 0 Å². The van der Waals surface area contributed by atoms with E-state index in [2.05, 4.69) is 5.32 Å². The third-order valence-electron chi connectivity index (χ3n) is 4.36. The summed E-state index contributed by atoms with van der Waals surface area (Å²) in [5.41, 5.74) is 2.58. The molecule has 0 aliphatic carbocycles. The van der Waals surface area contributed by atoms with Crippen LogP contribution in [0.1, 0.15) is 20.7 Å².